The zero-order chi connectivity index (χ0) is 17.6. The molecule has 0 saturated heterocycles. The molecule has 0 radical (unpaired) electrons. The predicted octanol–water partition coefficient (Wildman–Crippen LogP) is 2.74. The molecule has 2 heterocycles. The molecule has 0 aliphatic rings. The third-order valence-corrected chi connectivity index (χ3v) is 3.92. The number of rotatable bonds is 6. The molecule has 0 spiro atoms. The number of carbonyl (C=O) groups excluding carboxylic acids is 1. The molecule has 3 aromatic rings. The smallest absolute Gasteiger partial charge is 0.321 e. The number of ether oxygens (including phenoxy) is 1. The third-order valence-electron chi connectivity index (χ3n) is 3.92. The number of methoxy groups -OCH3 is 1. The van der Waals surface area contributed by atoms with E-state index in [9.17, 15) is 4.79 Å². The van der Waals surface area contributed by atoms with E-state index in [1.165, 1.54) is 0 Å². The van der Waals surface area contributed by atoms with Crippen molar-refractivity contribution in [3.05, 3.63) is 54.7 Å². The van der Waals surface area contributed by atoms with Crippen LogP contribution in [0.3, 0.4) is 0 Å². The minimum Gasteiger partial charge on any atom is -0.383 e. The van der Waals surface area contributed by atoms with Gasteiger partial charge in [0.05, 0.1) is 25.0 Å². The van der Waals surface area contributed by atoms with Crippen LogP contribution in [0.2, 0.25) is 0 Å². The fourth-order valence-electron chi connectivity index (χ4n) is 2.61. The summed E-state index contributed by atoms with van der Waals surface area (Å²) in [6, 6.07) is 7.71. The molecule has 0 saturated carbocycles. The molecule has 0 bridgehead atoms. The summed E-state index contributed by atoms with van der Waals surface area (Å²) in [7, 11) is 3.42. The first-order chi connectivity index (χ1) is 12.2. The number of nitrogens with zero attached hydrogens (tertiary/aromatic N) is 4. The monoisotopic (exact) mass is 339 g/mol. The van der Waals surface area contributed by atoms with Crippen molar-refractivity contribution >= 4 is 22.6 Å². The molecule has 0 aliphatic carbocycles. The number of nitrogens with one attached hydrogen (secondary N) is 1. The van der Waals surface area contributed by atoms with E-state index in [1.807, 2.05) is 30.5 Å². The summed E-state index contributed by atoms with van der Waals surface area (Å²) in [5.41, 5.74) is 2.61. The van der Waals surface area contributed by atoms with Crippen molar-refractivity contribution in [2.24, 2.45) is 0 Å². The van der Waals surface area contributed by atoms with Crippen LogP contribution in [0, 0.1) is 0 Å². The quantitative estimate of drug-likeness (QED) is 0.749. The lowest BCUT2D eigenvalue weighted by atomic mass is 10.2. The number of anilines is 1. The van der Waals surface area contributed by atoms with E-state index in [2.05, 4.69) is 19.9 Å². The Morgan fingerprint density at radius 2 is 2.20 bits per heavy atom. The number of hydrogen-bond donors (Lipinski definition) is 1. The fraction of sp³-hybridized carbons (Fsp3) is 0.278. The first-order valence-corrected chi connectivity index (χ1v) is 8.02. The van der Waals surface area contributed by atoms with Crippen LogP contribution < -0.4 is 5.32 Å². The van der Waals surface area contributed by atoms with Crippen molar-refractivity contribution in [3.8, 4) is 0 Å². The Kier molecular flexibility index (Phi) is 5.25. The molecule has 2 amide bonds. The topological polar surface area (TPSA) is 72.3 Å². The van der Waals surface area contributed by atoms with Gasteiger partial charge >= 0.3 is 6.03 Å². The van der Waals surface area contributed by atoms with Gasteiger partial charge in [0.2, 0.25) is 0 Å². The van der Waals surface area contributed by atoms with Crippen LogP contribution >= 0.6 is 0 Å². The van der Waals surface area contributed by atoms with Gasteiger partial charge in [-0.1, -0.05) is 0 Å². The normalized spacial score (nSPS) is 10.8. The maximum absolute atomic E-state index is 12.3. The van der Waals surface area contributed by atoms with E-state index in [4.69, 9.17) is 4.74 Å². The highest BCUT2D eigenvalue weighted by atomic mass is 16.5. The molecule has 0 aliphatic heterocycles. The maximum atomic E-state index is 12.3. The lowest BCUT2D eigenvalue weighted by molar-refractivity contribution is 0.188. The van der Waals surface area contributed by atoms with Crippen LogP contribution in [-0.2, 0) is 17.8 Å². The predicted molar refractivity (Wildman–Crippen MR) is 96.3 cm³/mol. The summed E-state index contributed by atoms with van der Waals surface area (Å²) in [6.07, 6.45) is 6.90. The van der Waals surface area contributed by atoms with Crippen LogP contribution in [0.1, 0.15) is 5.69 Å². The summed E-state index contributed by atoms with van der Waals surface area (Å²) < 4.78 is 7.25. The molecule has 7 heteroatoms. The molecular weight excluding hydrogens is 318 g/mol. The Morgan fingerprint density at radius 3 is 2.96 bits per heavy atom. The van der Waals surface area contributed by atoms with E-state index in [0.717, 1.165) is 28.8 Å². The van der Waals surface area contributed by atoms with Gasteiger partial charge in [0, 0.05) is 55.9 Å². The number of amides is 2. The zero-order valence-electron chi connectivity index (χ0n) is 14.3. The molecule has 1 N–H and O–H groups in total. The van der Waals surface area contributed by atoms with E-state index in [1.54, 1.807) is 37.6 Å². The van der Waals surface area contributed by atoms with Gasteiger partial charge in [-0.25, -0.2) is 4.79 Å². The zero-order valence-corrected chi connectivity index (χ0v) is 14.3. The Balaban J connectivity index is 1.66. The number of urea groups is 1. The highest BCUT2D eigenvalue weighted by Crippen LogP contribution is 2.21. The standard InChI is InChI=1S/C18H21N5O2/c1-22(13-16-12-19-6-7-20-16)18(24)21-15-3-4-17-14(11-15)5-8-23(17)9-10-25-2/h3-8,11-12H,9-10,13H2,1-2H3,(H,21,24). The van der Waals surface area contributed by atoms with Crippen LogP contribution in [-0.4, -0.2) is 46.2 Å². The summed E-state index contributed by atoms with van der Waals surface area (Å²) in [6.45, 7) is 1.86. The van der Waals surface area contributed by atoms with E-state index in [-0.39, 0.29) is 6.03 Å². The highest BCUT2D eigenvalue weighted by Gasteiger charge is 2.11. The average Bonchev–Trinajstić information content (AvgIpc) is 3.03. The van der Waals surface area contributed by atoms with Gasteiger partial charge in [0.15, 0.2) is 0 Å². The van der Waals surface area contributed by atoms with Crippen molar-refractivity contribution in [2.75, 3.05) is 26.1 Å². The van der Waals surface area contributed by atoms with Gasteiger partial charge in [0.1, 0.15) is 0 Å². The Bertz CT molecular complexity index is 847. The Hall–Kier alpha value is -2.93. The van der Waals surface area contributed by atoms with Gasteiger partial charge < -0.3 is 19.5 Å². The second-order valence-electron chi connectivity index (χ2n) is 5.76. The largest absolute Gasteiger partial charge is 0.383 e. The summed E-state index contributed by atoms with van der Waals surface area (Å²) in [4.78, 5) is 22.1. The van der Waals surface area contributed by atoms with Gasteiger partial charge in [-0.15, -0.1) is 0 Å². The number of aromatic nitrogens is 3. The number of hydrogen-bond acceptors (Lipinski definition) is 4. The van der Waals surface area contributed by atoms with Crippen molar-refractivity contribution in [1.29, 1.82) is 0 Å². The van der Waals surface area contributed by atoms with Crippen LogP contribution in [0.5, 0.6) is 0 Å². The minimum absolute atomic E-state index is 0.191. The van der Waals surface area contributed by atoms with Crippen molar-refractivity contribution in [3.63, 3.8) is 0 Å². The van der Waals surface area contributed by atoms with E-state index >= 15 is 0 Å². The summed E-state index contributed by atoms with van der Waals surface area (Å²) in [5, 5.41) is 3.99. The molecular formula is C18H21N5O2. The maximum Gasteiger partial charge on any atom is 0.321 e. The lowest BCUT2D eigenvalue weighted by Gasteiger charge is -2.17. The first kappa shape index (κ1) is 16.9. The second kappa shape index (κ2) is 7.76. The number of fused-ring (bicyclic) bond motifs is 1. The minimum atomic E-state index is -0.191. The molecule has 0 atom stereocenters. The Labute approximate surface area is 146 Å². The van der Waals surface area contributed by atoms with E-state index < -0.39 is 0 Å². The van der Waals surface area contributed by atoms with Crippen molar-refractivity contribution in [1.82, 2.24) is 19.4 Å². The van der Waals surface area contributed by atoms with Gasteiger partial charge in [-0.2, -0.15) is 0 Å². The molecule has 0 unspecified atom stereocenters. The second-order valence-corrected chi connectivity index (χ2v) is 5.76. The SMILES string of the molecule is COCCn1ccc2cc(NC(=O)N(C)Cc3cnccn3)ccc21. The van der Waals surface area contributed by atoms with Gasteiger partial charge in [-0.05, 0) is 24.3 Å². The fourth-order valence-corrected chi connectivity index (χ4v) is 2.61. The van der Waals surface area contributed by atoms with Crippen LogP contribution in [0.25, 0.3) is 10.9 Å². The highest BCUT2D eigenvalue weighted by molar-refractivity contribution is 5.92. The summed E-state index contributed by atoms with van der Waals surface area (Å²) >= 11 is 0. The molecule has 3 rings (SSSR count). The molecule has 130 valence electrons. The van der Waals surface area contributed by atoms with Crippen LogP contribution in [0.15, 0.2) is 49.1 Å². The third kappa shape index (κ3) is 4.13. The lowest BCUT2D eigenvalue weighted by Crippen LogP contribution is -2.31. The number of benzene rings is 1. The van der Waals surface area contributed by atoms with Crippen molar-refractivity contribution < 1.29 is 9.53 Å². The molecule has 7 nitrogen and oxygen atoms in total. The van der Waals surface area contributed by atoms with E-state index in [0.29, 0.717) is 13.2 Å². The first-order valence-electron chi connectivity index (χ1n) is 8.02. The molecule has 25 heavy (non-hydrogen) atoms. The number of carbonyl (C=O) groups is 1. The molecule has 1 aromatic carbocycles. The molecule has 2 aromatic heterocycles. The van der Waals surface area contributed by atoms with Gasteiger partial charge in [0.25, 0.3) is 0 Å². The summed E-state index contributed by atoms with van der Waals surface area (Å²) in [5.74, 6) is 0. The van der Waals surface area contributed by atoms with Gasteiger partial charge in [-0.3, -0.25) is 9.97 Å². The van der Waals surface area contributed by atoms with Crippen molar-refractivity contribution in [2.45, 2.75) is 13.1 Å². The van der Waals surface area contributed by atoms with Crippen LogP contribution in [0.4, 0.5) is 10.5 Å². The molecule has 0 fully saturated rings. The average molecular weight is 339 g/mol. The Morgan fingerprint density at radius 1 is 1.32 bits per heavy atom.